The van der Waals surface area contributed by atoms with Gasteiger partial charge < -0.3 is 0 Å². The van der Waals surface area contributed by atoms with E-state index in [2.05, 4.69) is 64.1 Å². The number of hydrogen-bond donors (Lipinski definition) is 0. The largest absolute Gasteiger partial charge is 0.0590 e. The van der Waals surface area contributed by atoms with E-state index in [0.717, 1.165) is 8.58 Å². The third kappa shape index (κ3) is 2.96. The second-order valence-corrected chi connectivity index (χ2v) is 6.09. The second-order valence-electron chi connectivity index (χ2n) is 4.76. The molecule has 0 radical (unpaired) electrons. The lowest BCUT2D eigenvalue weighted by atomic mass is 10.2. The molecular formula is C16H19P. The topological polar surface area (TPSA) is 0 Å². The van der Waals surface area contributed by atoms with Gasteiger partial charge in [0.1, 0.15) is 0 Å². The SMILES string of the molecule is Cc1ccc(C)c(Pc2cc(C)ccc2C)c1. The van der Waals surface area contributed by atoms with Gasteiger partial charge in [-0.25, -0.2) is 0 Å². The van der Waals surface area contributed by atoms with Crippen molar-refractivity contribution < 1.29 is 0 Å². The summed E-state index contributed by atoms with van der Waals surface area (Å²) in [5.74, 6) is 0. The maximum atomic E-state index is 2.32. The minimum atomic E-state index is 0.767. The Balaban J connectivity index is 2.37. The zero-order chi connectivity index (χ0) is 12.4. The fraction of sp³-hybridized carbons (Fsp3) is 0.250. The minimum absolute atomic E-state index is 0.767. The molecule has 17 heavy (non-hydrogen) atoms. The molecule has 88 valence electrons. The summed E-state index contributed by atoms with van der Waals surface area (Å²) in [7, 11) is 0.767. The van der Waals surface area contributed by atoms with Crippen LogP contribution in [-0.2, 0) is 0 Å². The molecule has 0 aliphatic carbocycles. The van der Waals surface area contributed by atoms with Gasteiger partial charge in [-0.15, -0.1) is 0 Å². The highest BCUT2D eigenvalue weighted by Gasteiger charge is 2.03. The van der Waals surface area contributed by atoms with Crippen LogP contribution in [0.25, 0.3) is 0 Å². The maximum absolute atomic E-state index is 2.32. The molecule has 0 aliphatic heterocycles. The van der Waals surface area contributed by atoms with Gasteiger partial charge in [-0.3, -0.25) is 0 Å². The fourth-order valence-corrected chi connectivity index (χ4v) is 3.34. The molecule has 2 rings (SSSR count). The average molecular weight is 242 g/mol. The van der Waals surface area contributed by atoms with Gasteiger partial charge in [0.05, 0.1) is 0 Å². The van der Waals surface area contributed by atoms with Crippen LogP contribution >= 0.6 is 8.58 Å². The van der Waals surface area contributed by atoms with Crippen LogP contribution in [0.2, 0.25) is 0 Å². The highest BCUT2D eigenvalue weighted by molar-refractivity contribution is 7.55. The molecule has 0 fully saturated rings. The summed E-state index contributed by atoms with van der Waals surface area (Å²) in [6, 6.07) is 13.5. The first kappa shape index (κ1) is 12.3. The number of benzene rings is 2. The Morgan fingerprint density at radius 2 is 1.06 bits per heavy atom. The van der Waals surface area contributed by atoms with Gasteiger partial charge in [-0.05, 0) is 49.4 Å². The van der Waals surface area contributed by atoms with Gasteiger partial charge in [-0.2, -0.15) is 0 Å². The van der Waals surface area contributed by atoms with Crippen molar-refractivity contribution in [2.24, 2.45) is 0 Å². The lowest BCUT2D eigenvalue weighted by Gasteiger charge is -2.10. The first-order valence-electron chi connectivity index (χ1n) is 5.98. The van der Waals surface area contributed by atoms with Crippen molar-refractivity contribution in [1.82, 2.24) is 0 Å². The highest BCUT2D eigenvalue weighted by atomic mass is 31.1. The first-order chi connectivity index (χ1) is 8.06. The van der Waals surface area contributed by atoms with Crippen LogP contribution in [0, 0.1) is 27.7 Å². The summed E-state index contributed by atoms with van der Waals surface area (Å²) >= 11 is 0. The Kier molecular flexibility index (Phi) is 3.64. The van der Waals surface area contributed by atoms with Gasteiger partial charge in [0.15, 0.2) is 0 Å². The van der Waals surface area contributed by atoms with E-state index in [1.54, 1.807) is 0 Å². The van der Waals surface area contributed by atoms with E-state index in [1.807, 2.05) is 0 Å². The van der Waals surface area contributed by atoms with Crippen LogP contribution < -0.4 is 10.6 Å². The zero-order valence-electron chi connectivity index (χ0n) is 11.0. The third-order valence-electron chi connectivity index (χ3n) is 3.06. The van der Waals surface area contributed by atoms with Crippen molar-refractivity contribution in [2.45, 2.75) is 27.7 Å². The molecule has 0 bridgehead atoms. The molecule has 2 aromatic carbocycles. The molecule has 0 saturated heterocycles. The van der Waals surface area contributed by atoms with Crippen molar-refractivity contribution in [3.05, 3.63) is 58.7 Å². The van der Waals surface area contributed by atoms with E-state index in [-0.39, 0.29) is 0 Å². The van der Waals surface area contributed by atoms with Crippen molar-refractivity contribution in [3.63, 3.8) is 0 Å². The van der Waals surface area contributed by atoms with Crippen molar-refractivity contribution in [2.75, 3.05) is 0 Å². The lowest BCUT2D eigenvalue weighted by molar-refractivity contribution is 1.42. The third-order valence-corrected chi connectivity index (χ3v) is 4.67. The summed E-state index contributed by atoms with van der Waals surface area (Å²) < 4.78 is 0. The molecule has 0 aliphatic rings. The molecule has 0 aromatic heterocycles. The van der Waals surface area contributed by atoms with Crippen molar-refractivity contribution in [1.29, 1.82) is 0 Å². The molecule has 0 amide bonds. The molecule has 0 saturated carbocycles. The Bertz CT molecular complexity index is 492. The molecule has 0 spiro atoms. The Morgan fingerprint density at radius 1 is 0.647 bits per heavy atom. The van der Waals surface area contributed by atoms with Gasteiger partial charge in [0.25, 0.3) is 0 Å². The monoisotopic (exact) mass is 242 g/mol. The van der Waals surface area contributed by atoms with E-state index in [1.165, 1.54) is 32.9 Å². The average Bonchev–Trinajstić information content (AvgIpc) is 2.28. The van der Waals surface area contributed by atoms with E-state index in [4.69, 9.17) is 0 Å². The first-order valence-corrected chi connectivity index (χ1v) is 6.98. The summed E-state index contributed by atoms with van der Waals surface area (Å²) in [5, 5.41) is 2.94. The molecule has 0 atom stereocenters. The fourth-order valence-electron chi connectivity index (χ4n) is 1.89. The van der Waals surface area contributed by atoms with E-state index < -0.39 is 0 Å². The molecule has 0 N–H and O–H groups in total. The zero-order valence-corrected chi connectivity index (χ0v) is 12.0. The van der Waals surface area contributed by atoms with Gasteiger partial charge in [-0.1, -0.05) is 56.1 Å². The van der Waals surface area contributed by atoms with Gasteiger partial charge in [0, 0.05) is 0 Å². The van der Waals surface area contributed by atoms with Crippen molar-refractivity contribution in [3.8, 4) is 0 Å². The summed E-state index contributed by atoms with van der Waals surface area (Å²) in [6.07, 6.45) is 0. The van der Waals surface area contributed by atoms with Gasteiger partial charge in [0.2, 0.25) is 0 Å². The molecule has 0 unspecified atom stereocenters. The molecule has 0 heterocycles. The standard InChI is InChI=1S/C16H19P/c1-11-5-7-13(3)15(9-11)17-16-10-12(2)6-8-14(16)4/h5-10,17H,1-4H3. The molecule has 2 aromatic rings. The number of rotatable bonds is 2. The van der Waals surface area contributed by atoms with Crippen LogP contribution in [0.4, 0.5) is 0 Å². The second kappa shape index (κ2) is 5.02. The number of aryl methyl sites for hydroxylation is 4. The van der Waals surface area contributed by atoms with Crippen LogP contribution in [0.3, 0.4) is 0 Å². The Morgan fingerprint density at radius 3 is 1.47 bits per heavy atom. The van der Waals surface area contributed by atoms with Crippen LogP contribution in [0.5, 0.6) is 0 Å². The predicted molar refractivity (Wildman–Crippen MR) is 79.4 cm³/mol. The smallest absolute Gasteiger partial charge is 0.0194 e. The quantitative estimate of drug-likeness (QED) is 0.706. The van der Waals surface area contributed by atoms with E-state index >= 15 is 0 Å². The maximum Gasteiger partial charge on any atom is -0.0194 e. The lowest BCUT2D eigenvalue weighted by Crippen LogP contribution is -2.10. The predicted octanol–water partition coefficient (Wildman–Crippen LogP) is 3.55. The summed E-state index contributed by atoms with van der Waals surface area (Å²) in [6.45, 7) is 8.73. The molecular weight excluding hydrogens is 223 g/mol. The van der Waals surface area contributed by atoms with Crippen LogP contribution in [0.15, 0.2) is 36.4 Å². The van der Waals surface area contributed by atoms with Crippen LogP contribution in [-0.4, -0.2) is 0 Å². The minimum Gasteiger partial charge on any atom is -0.0590 e. The Hall–Kier alpha value is -1.13. The molecule has 0 nitrogen and oxygen atoms in total. The van der Waals surface area contributed by atoms with E-state index in [9.17, 15) is 0 Å². The highest BCUT2D eigenvalue weighted by Crippen LogP contribution is 2.17. The number of hydrogen-bond acceptors (Lipinski definition) is 0. The van der Waals surface area contributed by atoms with E-state index in [0.29, 0.717) is 0 Å². The summed E-state index contributed by atoms with van der Waals surface area (Å²) in [4.78, 5) is 0. The van der Waals surface area contributed by atoms with Crippen LogP contribution in [0.1, 0.15) is 22.3 Å². The van der Waals surface area contributed by atoms with Crippen molar-refractivity contribution >= 4 is 19.2 Å². The normalized spacial score (nSPS) is 10.6. The molecule has 1 heteroatoms. The van der Waals surface area contributed by atoms with Gasteiger partial charge >= 0.3 is 0 Å². The summed E-state index contributed by atoms with van der Waals surface area (Å²) in [5.41, 5.74) is 5.50. The Labute approximate surface area is 106 Å².